The molecule has 126 valence electrons. The van der Waals surface area contributed by atoms with E-state index in [9.17, 15) is 13.2 Å². The van der Waals surface area contributed by atoms with E-state index in [2.05, 4.69) is 27.8 Å². The first-order valence-corrected chi connectivity index (χ1v) is 9.35. The van der Waals surface area contributed by atoms with Gasteiger partial charge < -0.3 is 5.32 Å². The molecular formula is C17H17BrN2O3S. The molecule has 2 rings (SSSR count). The molecule has 0 saturated carbocycles. The predicted octanol–water partition coefficient (Wildman–Crippen LogP) is 3.79. The van der Waals surface area contributed by atoms with Crippen LogP contribution in [0.15, 0.2) is 70.6 Å². The minimum atomic E-state index is -3.76. The third kappa shape index (κ3) is 4.04. The molecule has 0 heterocycles. The van der Waals surface area contributed by atoms with Crippen molar-refractivity contribution >= 4 is 43.2 Å². The molecule has 1 N–H and O–H groups in total. The van der Waals surface area contributed by atoms with Crippen LogP contribution in [0.25, 0.3) is 0 Å². The summed E-state index contributed by atoms with van der Waals surface area (Å²) in [5.41, 5.74) is 1.07. The maximum Gasteiger partial charge on any atom is 0.264 e. The van der Waals surface area contributed by atoms with Gasteiger partial charge in [-0.1, -0.05) is 18.2 Å². The average molecular weight is 409 g/mol. The van der Waals surface area contributed by atoms with E-state index in [0.29, 0.717) is 15.8 Å². The minimum Gasteiger partial charge on any atom is -0.326 e. The molecule has 0 spiro atoms. The number of para-hydroxylation sites is 1. The standard InChI is InChI=1S/C17H17BrN2O3S/c1-3-12-20(17-7-5-4-6-16(17)18)24(22,23)15-10-8-14(9-11-15)19-13(2)21/h3-11H,1,12H2,2H3,(H,19,21). The van der Waals surface area contributed by atoms with E-state index < -0.39 is 10.0 Å². The lowest BCUT2D eigenvalue weighted by Gasteiger charge is -2.24. The van der Waals surface area contributed by atoms with Crippen molar-refractivity contribution in [3.8, 4) is 0 Å². The number of hydrogen-bond acceptors (Lipinski definition) is 3. The fraction of sp³-hybridized carbons (Fsp3) is 0.118. The van der Waals surface area contributed by atoms with Crippen molar-refractivity contribution in [1.82, 2.24) is 0 Å². The van der Waals surface area contributed by atoms with Gasteiger partial charge in [-0.3, -0.25) is 9.10 Å². The summed E-state index contributed by atoms with van der Waals surface area (Å²) >= 11 is 3.38. The fourth-order valence-corrected chi connectivity index (χ4v) is 4.21. The van der Waals surface area contributed by atoms with Gasteiger partial charge >= 0.3 is 0 Å². The Balaban J connectivity index is 2.43. The van der Waals surface area contributed by atoms with Crippen LogP contribution in [-0.2, 0) is 14.8 Å². The summed E-state index contributed by atoms with van der Waals surface area (Å²) in [5, 5.41) is 2.61. The Morgan fingerprint density at radius 3 is 2.38 bits per heavy atom. The number of nitrogens with one attached hydrogen (secondary N) is 1. The SMILES string of the molecule is C=CCN(c1ccccc1Br)S(=O)(=O)c1ccc(NC(C)=O)cc1. The smallest absolute Gasteiger partial charge is 0.264 e. The van der Waals surface area contributed by atoms with Gasteiger partial charge in [0.2, 0.25) is 5.91 Å². The highest BCUT2D eigenvalue weighted by atomic mass is 79.9. The van der Waals surface area contributed by atoms with Crippen LogP contribution in [0.4, 0.5) is 11.4 Å². The van der Waals surface area contributed by atoms with Crippen molar-refractivity contribution < 1.29 is 13.2 Å². The van der Waals surface area contributed by atoms with E-state index in [4.69, 9.17) is 0 Å². The summed E-state index contributed by atoms with van der Waals surface area (Å²) in [4.78, 5) is 11.2. The summed E-state index contributed by atoms with van der Waals surface area (Å²) in [6, 6.07) is 13.1. The number of carbonyl (C=O) groups is 1. The maximum absolute atomic E-state index is 13.0. The van der Waals surface area contributed by atoms with Crippen LogP contribution in [0.3, 0.4) is 0 Å². The number of halogens is 1. The van der Waals surface area contributed by atoms with Crippen molar-refractivity contribution in [1.29, 1.82) is 0 Å². The average Bonchev–Trinajstić information content (AvgIpc) is 2.53. The first kappa shape index (κ1) is 18.2. The van der Waals surface area contributed by atoms with E-state index in [0.717, 1.165) is 0 Å². The third-order valence-corrected chi connectivity index (χ3v) is 5.64. The van der Waals surface area contributed by atoms with Gasteiger partial charge in [0, 0.05) is 17.1 Å². The van der Waals surface area contributed by atoms with Crippen LogP contribution in [-0.4, -0.2) is 20.9 Å². The molecule has 0 aromatic heterocycles. The highest BCUT2D eigenvalue weighted by molar-refractivity contribution is 9.10. The maximum atomic E-state index is 13.0. The van der Waals surface area contributed by atoms with Crippen LogP contribution in [0, 0.1) is 0 Å². The number of anilines is 2. The Kier molecular flexibility index (Phi) is 5.80. The molecule has 1 amide bonds. The molecule has 0 radical (unpaired) electrons. The van der Waals surface area contributed by atoms with E-state index in [1.807, 2.05) is 6.07 Å². The number of benzene rings is 2. The Morgan fingerprint density at radius 1 is 1.21 bits per heavy atom. The van der Waals surface area contributed by atoms with Crippen molar-refractivity contribution in [3.63, 3.8) is 0 Å². The van der Waals surface area contributed by atoms with Crippen LogP contribution in [0.5, 0.6) is 0 Å². The Morgan fingerprint density at radius 2 is 1.83 bits per heavy atom. The highest BCUT2D eigenvalue weighted by Crippen LogP contribution is 2.30. The van der Waals surface area contributed by atoms with Gasteiger partial charge in [-0.2, -0.15) is 0 Å². The molecule has 0 fully saturated rings. The second kappa shape index (κ2) is 7.63. The molecule has 5 nitrogen and oxygen atoms in total. The molecule has 2 aromatic carbocycles. The second-order valence-electron chi connectivity index (χ2n) is 4.98. The zero-order valence-electron chi connectivity index (χ0n) is 13.1. The zero-order valence-corrected chi connectivity index (χ0v) is 15.5. The number of carbonyl (C=O) groups excluding carboxylic acids is 1. The Hall–Kier alpha value is -2.12. The first-order chi connectivity index (χ1) is 11.4. The summed E-state index contributed by atoms with van der Waals surface area (Å²) in [5.74, 6) is -0.216. The van der Waals surface area contributed by atoms with Crippen LogP contribution in [0.2, 0.25) is 0 Å². The lowest BCUT2D eigenvalue weighted by molar-refractivity contribution is -0.114. The van der Waals surface area contributed by atoms with Crippen LogP contribution >= 0.6 is 15.9 Å². The largest absolute Gasteiger partial charge is 0.326 e. The Bertz CT molecular complexity index is 848. The molecule has 0 atom stereocenters. The van der Waals surface area contributed by atoms with Gasteiger partial charge in [0.05, 0.1) is 17.1 Å². The molecule has 24 heavy (non-hydrogen) atoms. The molecule has 2 aromatic rings. The lowest BCUT2D eigenvalue weighted by Crippen LogP contribution is -2.31. The predicted molar refractivity (Wildman–Crippen MR) is 99.6 cm³/mol. The number of amides is 1. The number of rotatable bonds is 6. The first-order valence-electron chi connectivity index (χ1n) is 7.12. The quantitative estimate of drug-likeness (QED) is 0.739. The van der Waals surface area contributed by atoms with Crippen molar-refractivity contribution in [2.45, 2.75) is 11.8 Å². The molecule has 0 unspecified atom stereocenters. The van der Waals surface area contributed by atoms with Gasteiger partial charge in [0.15, 0.2) is 0 Å². The normalized spacial score (nSPS) is 10.9. The van der Waals surface area contributed by atoms with Crippen molar-refractivity contribution in [2.24, 2.45) is 0 Å². The second-order valence-corrected chi connectivity index (χ2v) is 7.70. The van der Waals surface area contributed by atoms with Gasteiger partial charge in [-0.15, -0.1) is 6.58 Å². The monoisotopic (exact) mass is 408 g/mol. The molecule has 0 aliphatic rings. The van der Waals surface area contributed by atoms with E-state index in [-0.39, 0.29) is 17.3 Å². The van der Waals surface area contributed by atoms with E-state index in [1.165, 1.54) is 29.4 Å². The van der Waals surface area contributed by atoms with E-state index in [1.54, 1.807) is 30.3 Å². The summed E-state index contributed by atoms with van der Waals surface area (Å²) in [6.07, 6.45) is 1.53. The van der Waals surface area contributed by atoms with Crippen LogP contribution < -0.4 is 9.62 Å². The van der Waals surface area contributed by atoms with Gasteiger partial charge in [-0.25, -0.2) is 8.42 Å². The summed E-state index contributed by atoms with van der Waals surface area (Å²) in [6.45, 7) is 5.17. The highest BCUT2D eigenvalue weighted by Gasteiger charge is 2.25. The fourth-order valence-electron chi connectivity index (χ4n) is 2.14. The molecule has 7 heteroatoms. The molecule has 0 aliphatic heterocycles. The Labute approximate surface area is 150 Å². The number of nitrogens with zero attached hydrogens (tertiary/aromatic N) is 1. The molecule has 0 saturated heterocycles. The molecule has 0 aliphatic carbocycles. The topological polar surface area (TPSA) is 66.5 Å². The van der Waals surface area contributed by atoms with Crippen LogP contribution in [0.1, 0.15) is 6.92 Å². The van der Waals surface area contributed by atoms with Gasteiger partial charge in [0.25, 0.3) is 10.0 Å². The zero-order chi connectivity index (χ0) is 17.7. The molecule has 0 bridgehead atoms. The van der Waals surface area contributed by atoms with Gasteiger partial charge in [0.1, 0.15) is 0 Å². The number of sulfonamides is 1. The molecular weight excluding hydrogens is 392 g/mol. The van der Waals surface area contributed by atoms with Crippen molar-refractivity contribution in [2.75, 3.05) is 16.2 Å². The van der Waals surface area contributed by atoms with Crippen molar-refractivity contribution in [3.05, 3.63) is 65.7 Å². The van der Waals surface area contributed by atoms with E-state index >= 15 is 0 Å². The minimum absolute atomic E-state index is 0.134. The van der Waals surface area contributed by atoms with Gasteiger partial charge in [-0.05, 0) is 52.3 Å². The number of hydrogen-bond donors (Lipinski definition) is 1. The summed E-state index contributed by atoms with van der Waals surface area (Å²) < 4.78 is 27.9. The third-order valence-electron chi connectivity index (χ3n) is 3.18. The lowest BCUT2D eigenvalue weighted by atomic mass is 10.3. The summed E-state index contributed by atoms with van der Waals surface area (Å²) in [7, 11) is -3.76.